The van der Waals surface area contributed by atoms with E-state index in [0.29, 0.717) is 39.0 Å². The molecule has 5 heterocycles. The smallest absolute Gasteiger partial charge is 0.410 e. The van der Waals surface area contributed by atoms with E-state index in [1.165, 1.54) is 5.57 Å². The van der Waals surface area contributed by atoms with Gasteiger partial charge in [-0.3, -0.25) is 4.90 Å². The van der Waals surface area contributed by atoms with Crippen LogP contribution >= 0.6 is 0 Å². The number of hydrogen-bond acceptors (Lipinski definition) is 10. The Morgan fingerprint density at radius 3 is 2.55 bits per heavy atom. The SMILES string of the molecule is C[C@H](Nc1ncnc2c1c(C1=CCOCC1)cn2COCC[Si](C)(C)C)c1ccnc(N2C[C@@H](C)N(C(=O)OC(C)(C)C)[C@@H](C)C2)n1. The fourth-order valence-electron chi connectivity index (χ4n) is 6.08. The van der Waals surface area contributed by atoms with Gasteiger partial charge in [0, 0.05) is 45.7 Å². The Morgan fingerprint density at radius 1 is 1.15 bits per heavy atom. The lowest BCUT2D eigenvalue weighted by atomic mass is 10.0. The van der Waals surface area contributed by atoms with E-state index in [1.807, 2.05) is 45.6 Å². The van der Waals surface area contributed by atoms with Crippen LogP contribution in [0.2, 0.25) is 25.7 Å². The maximum Gasteiger partial charge on any atom is 0.410 e. The van der Waals surface area contributed by atoms with Crippen molar-refractivity contribution in [3.05, 3.63) is 42.1 Å². The summed E-state index contributed by atoms with van der Waals surface area (Å²) in [6.45, 7) is 22.6. The van der Waals surface area contributed by atoms with Gasteiger partial charge in [0.2, 0.25) is 5.95 Å². The van der Waals surface area contributed by atoms with Gasteiger partial charge in [0.15, 0.2) is 0 Å². The van der Waals surface area contributed by atoms with Crippen molar-refractivity contribution in [1.29, 1.82) is 0 Å². The number of hydrogen-bond donors (Lipinski definition) is 1. The first kappa shape index (κ1) is 34.8. The highest BCUT2D eigenvalue weighted by Crippen LogP contribution is 2.35. The molecule has 1 N–H and O–H groups in total. The average molecular weight is 665 g/mol. The van der Waals surface area contributed by atoms with E-state index in [1.54, 1.807) is 12.5 Å². The highest BCUT2D eigenvalue weighted by atomic mass is 28.3. The third-order valence-corrected chi connectivity index (χ3v) is 10.2. The first-order valence-electron chi connectivity index (χ1n) is 16.7. The second kappa shape index (κ2) is 14.3. The van der Waals surface area contributed by atoms with Gasteiger partial charge in [-0.2, -0.15) is 0 Å². The van der Waals surface area contributed by atoms with E-state index in [9.17, 15) is 4.79 Å². The van der Waals surface area contributed by atoms with E-state index < -0.39 is 13.7 Å². The molecule has 13 heteroatoms. The molecule has 0 unspecified atom stereocenters. The second-order valence-corrected chi connectivity index (χ2v) is 20.6. The fraction of sp³-hybridized carbons (Fsp3) is 0.618. The maximum absolute atomic E-state index is 12.9. The normalized spacial score (nSPS) is 19.9. The van der Waals surface area contributed by atoms with Crippen molar-refractivity contribution in [3.8, 4) is 0 Å². The standard InChI is InChI=1S/C34H52N8O4Si/c1-23-18-40(19-24(2)42(23)33(43)46-34(4,5)6)32-35-13-10-28(39-32)25(3)38-30-29-27(26-11-14-44-15-12-26)20-41(31(29)37-21-36-30)22-45-16-17-47(7,8)9/h10-11,13,20-21,23-25H,12,14-19,22H2,1-9H3,(H,36,37,38)/t23-,24+,25-/m0/s1. The van der Waals surface area contributed by atoms with Gasteiger partial charge in [-0.15, -0.1) is 0 Å². The van der Waals surface area contributed by atoms with Gasteiger partial charge in [-0.25, -0.2) is 24.7 Å². The van der Waals surface area contributed by atoms with Crippen LogP contribution in [0.15, 0.2) is 30.9 Å². The molecule has 2 aliphatic rings. The van der Waals surface area contributed by atoms with Gasteiger partial charge in [0.25, 0.3) is 0 Å². The summed E-state index contributed by atoms with van der Waals surface area (Å²) in [4.78, 5) is 35.9. The molecule has 5 rings (SSSR count). The van der Waals surface area contributed by atoms with Gasteiger partial charge in [0.05, 0.1) is 42.4 Å². The lowest BCUT2D eigenvalue weighted by Gasteiger charge is -2.44. The third kappa shape index (κ3) is 8.68. The average Bonchev–Trinajstić information content (AvgIpc) is 3.37. The van der Waals surface area contributed by atoms with Gasteiger partial charge in [-0.1, -0.05) is 25.7 Å². The molecule has 256 valence electrons. The zero-order valence-electron chi connectivity index (χ0n) is 29.5. The number of anilines is 2. The van der Waals surface area contributed by atoms with E-state index in [-0.39, 0.29) is 24.2 Å². The Balaban J connectivity index is 1.36. The summed E-state index contributed by atoms with van der Waals surface area (Å²) >= 11 is 0. The first-order valence-corrected chi connectivity index (χ1v) is 20.5. The van der Waals surface area contributed by atoms with E-state index >= 15 is 0 Å². The number of piperazine rings is 1. The highest BCUT2D eigenvalue weighted by molar-refractivity contribution is 6.76. The molecule has 3 atom stereocenters. The van der Waals surface area contributed by atoms with Crippen LogP contribution < -0.4 is 10.2 Å². The number of nitrogens with one attached hydrogen (secondary N) is 1. The Morgan fingerprint density at radius 2 is 1.89 bits per heavy atom. The number of nitrogens with zero attached hydrogens (tertiary/aromatic N) is 7. The predicted octanol–water partition coefficient (Wildman–Crippen LogP) is 6.34. The molecular weight excluding hydrogens is 613 g/mol. The zero-order chi connectivity index (χ0) is 33.9. The molecule has 0 radical (unpaired) electrons. The minimum Gasteiger partial charge on any atom is -0.444 e. The predicted molar refractivity (Wildman–Crippen MR) is 188 cm³/mol. The van der Waals surface area contributed by atoms with Gasteiger partial charge >= 0.3 is 6.09 Å². The monoisotopic (exact) mass is 664 g/mol. The quantitative estimate of drug-likeness (QED) is 0.194. The largest absolute Gasteiger partial charge is 0.444 e. The van der Waals surface area contributed by atoms with Crippen LogP contribution in [0.25, 0.3) is 16.6 Å². The molecule has 0 aliphatic carbocycles. The Labute approximate surface area is 279 Å². The number of rotatable bonds is 10. The van der Waals surface area contributed by atoms with Crippen LogP contribution in [-0.4, -0.2) is 94.2 Å². The van der Waals surface area contributed by atoms with Crippen LogP contribution in [0.5, 0.6) is 0 Å². The highest BCUT2D eigenvalue weighted by Gasteiger charge is 2.36. The van der Waals surface area contributed by atoms with Crippen molar-refractivity contribution in [3.63, 3.8) is 0 Å². The van der Waals surface area contributed by atoms with Crippen LogP contribution in [0, 0.1) is 0 Å². The molecule has 1 amide bonds. The number of aromatic nitrogens is 5. The van der Waals surface area contributed by atoms with Crippen LogP contribution in [0.4, 0.5) is 16.6 Å². The van der Waals surface area contributed by atoms with Crippen molar-refractivity contribution in [2.75, 3.05) is 43.1 Å². The minimum absolute atomic E-state index is 0.0628. The Hall–Kier alpha value is -3.55. The molecule has 3 aromatic rings. The lowest BCUT2D eigenvalue weighted by molar-refractivity contribution is 0.00553. The summed E-state index contributed by atoms with van der Waals surface area (Å²) in [6, 6.07) is 2.75. The Kier molecular flexibility index (Phi) is 10.6. The molecule has 2 aliphatic heterocycles. The first-order chi connectivity index (χ1) is 22.2. The third-order valence-electron chi connectivity index (χ3n) is 8.46. The Bertz CT molecular complexity index is 1570. The summed E-state index contributed by atoms with van der Waals surface area (Å²) in [5.41, 5.74) is 3.46. The molecular formula is C34H52N8O4Si. The van der Waals surface area contributed by atoms with Crippen molar-refractivity contribution in [2.45, 2.75) is 104 Å². The molecule has 47 heavy (non-hydrogen) atoms. The van der Waals surface area contributed by atoms with E-state index in [0.717, 1.165) is 47.2 Å². The molecule has 0 aromatic carbocycles. The molecule has 1 fully saturated rings. The summed E-state index contributed by atoms with van der Waals surface area (Å²) < 4.78 is 19.5. The van der Waals surface area contributed by atoms with Gasteiger partial charge in [-0.05, 0) is 65.6 Å². The molecule has 1 saturated heterocycles. The second-order valence-electron chi connectivity index (χ2n) is 15.0. The van der Waals surface area contributed by atoms with Crippen LogP contribution in [-0.2, 0) is 20.9 Å². The van der Waals surface area contributed by atoms with Gasteiger partial charge in [0.1, 0.15) is 30.1 Å². The molecule has 3 aromatic heterocycles. The summed E-state index contributed by atoms with van der Waals surface area (Å²) in [5.74, 6) is 1.39. The van der Waals surface area contributed by atoms with Crippen molar-refractivity contribution >= 4 is 42.5 Å². The fourth-order valence-corrected chi connectivity index (χ4v) is 6.84. The lowest BCUT2D eigenvalue weighted by Crippen LogP contribution is -2.59. The van der Waals surface area contributed by atoms with Crippen molar-refractivity contribution < 1.29 is 19.0 Å². The summed E-state index contributed by atoms with van der Waals surface area (Å²) in [6.07, 6.45) is 8.24. The molecule has 0 spiro atoms. The number of amides is 1. The van der Waals surface area contributed by atoms with Crippen LogP contribution in [0.3, 0.4) is 0 Å². The minimum atomic E-state index is -1.20. The molecule has 0 bridgehead atoms. The van der Waals surface area contributed by atoms with Crippen molar-refractivity contribution in [2.24, 2.45) is 0 Å². The zero-order valence-corrected chi connectivity index (χ0v) is 30.5. The van der Waals surface area contributed by atoms with E-state index in [4.69, 9.17) is 29.2 Å². The van der Waals surface area contributed by atoms with Crippen molar-refractivity contribution in [1.82, 2.24) is 29.4 Å². The van der Waals surface area contributed by atoms with Crippen LogP contribution in [0.1, 0.15) is 65.3 Å². The number of carbonyl (C=O) groups is 1. The molecule has 12 nitrogen and oxygen atoms in total. The summed E-state index contributed by atoms with van der Waals surface area (Å²) in [5, 5.41) is 4.61. The number of fused-ring (bicyclic) bond motifs is 1. The topological polar surface area (TPSA) is 120 Å². The van der Waals surface area contributed by atoms with Gasteiger partial charge < -0.3 is 29.0 Å². The maximum atomic E-state index is 12.9. The number of ether oxygens (including phenoxy) is 3. The van der Waals surface area contributed by atoms with E-state index in [2.05, 4.69) is 58.6 Å². The number of carbonyl (C=O) groups excluding carboxylic acids is 1. The molecule has 0 saturated carbocycles. The summed E-state index contributed by atoms with van der Waals surface area (Å²) in [7, 11) is -1.20.